The molecule has 2 N–H and O–H groups in total. The first-order chi connectivity index (χ1) is 12.0. The first kappa shape index (κ1) is 18.5. The maximum atomic E-state index is 11.9. The molecule has 0 radical (unpaired) electrons. The predicted octanol–water partition coefficient (Wildman–Crippen LogP) is 0.986. The highest BCUT2D eigenvalue weighted by molar-refractivity contribution is 5.92. The SMILES string of the molecule is C=CC(=O)NCCC(=O)Nc1cccc(N2CCN(C(C)=O)CC2)c1. The Bertz CT molecular complexity index is 651. The number of carbonyl (C=O) groups is 3. The molecular weight excluding hydrogens is 320 g/mol. The Balaban J connectivity index is 1.86. The fourth-order valence-electron chi connectivity index (χ4n) is 2.65. The van der Waals surface area contributed by atoms with Crippen LogP contribution in [0.5, 0.6) is 0 Å². The van der Waals surface area contributed by atoms with Crippen molar-refractivity contribution in [2.45, 2.75) is 13.3 Å². The first-order valence-corrected chi connectivity index (χ1v) is 8.30. The smallest absolute Gasteiger partial charge is 0.243 e. The summed E-state index contributed by atoms with van der Waals surface area (Å²) in [5.74, 6) is -0.355. The van der Waals surface area contributed by atoms with E-state index in [2.05, 4.69) is 22.1 Å². The molecule has 0 unspecified atom stereocenters. The second-order valence-corrected chi connectivity index (χ2v) is 5.84. The van der Waals surface area contributed by atoms with Crippen LogP contribution in [0, 0.1) is 0 Å². The summed E-state index contributed by atoms with van der Waals surface area (Å²) in [6.07, 6.45) is 1.37. The molecule has 1 aromatic rings. The van der Waals surface area contributed by atoms with Crippen LogP contribution in [0.25, 0.3) is 0 Å². The van der Waals surface area contributed by atoms with E-state index in [0.717, 1.165) is 18.8 Å². The van der Waals surface area contributed by atoms with E-state index in [-0.39, 0.29) is 30.7 Å². The molecule has 1 aromatic carbocycles. The number of carbonyl (C=O) groups excluding carboxylic acids is 3. The summed E-state index contributed by atoms with van der Waals surface area (Å²) in [6, 6.07) is 7.63. The lowest BCUT2D eigenvalue weighted by molar-refractivity contribution is -0.129. The monoisotopic (exact) mass is 344 g/mol. The maximum absolute atomic E-state index is 11.9. The predicted molar refractivity (Wildman–Crippen MR) is 97.4 cm³/mol. The summed E-state index contributed by atoms with van der Waals surface area (Å²) in [5, 5.41) is 5.40. The lowest BCUT2D eigenvalue weighted by atomic mass is 10.2. The van der Waals surface area contributed by atoms with Gasteiger partial charge in [0.1, 0.15) is 0 Å². The van der Waals surface area contributed by atoms with Gasteiger partial charge in [-0.1, -0.05) is 12.6 Å². The normalized spacial score (nSPS) is 14.0. The molecule has 0 spiro atoms. The molecule has 134 valence electrons. The Morgan fingerprint density at radius 2 is 1.92 bits per heavy atom. The van der Waals surface area contributed by atoms with Crippen LogP contribution in [-0.2, 0) is 14.4 Å². The fraction of sp³-hybridized carbons (Fsp3) is 0.389. The van der Waals surface area contributed by atoms with Gasteiger partial charge in [0.05, 0.1) is 0 Å². The molecule has 7 nitrogen and oxygen atoms in total. The molecule has 1 saturated heterocycles. The number of nitrogens with one attached hydrogen (secondary N) is 2. The van der Waals surface area contributed by atoms with Crippen molar-refractivity contribution in [3.05, 3.63) is 36.9 Å². The third kappa shape index (κ3) is 5.63. The topological polar surface area (TPSA) is 81.8 Å². The highest BCUT2D eigenvalue weighted by Gasteiger charge is 2.19. The van der Waals surface area contributed by atoms with Gasteiger partial charge in [0.2, 0.25) is 17.7 Å². The van der Waals surface area contributed by atoms with Crippen LogP contribution in [0.1, 0.15) is 13.3 Å². The van der Waals surface area contributed by atoms with Gasteiger partial charge in [-0.05, 0) is 24.3 Å². The maximum Gasteiger partial charge on any atom is 0.243 e. The lowest BCUT2D eigenvalue weighted by Gasteiger charge is -2.35. The summed E-state index contributed by atoms with van der Waals surface area (Å²) in [5.41, 5.74) is 1.73. The minimum atomic E-state index is -0.292. The molecule has 1 fully saturated rings. The van der Waals surface area contributed by atoms with Crippen LogP contribution in [0.15, 0.2) is 36.9 Å². The van der Waals surface area contributed by atoms with E-state index in [0.29, 0.717) is 18.8 Å². The number of nitrogens with zero attached hydrogens (tertiary/aromatic N) is 2. The van der Waals surface area contributed by atoms with Gasteiger partial charge in [-0.15, -0.1) is 0 Å². The zero-order valence-electron chi connectivity index (χ0n) is 14.5. The van der Waals surface area contributed by atoms with Gasteiger partial charge in [-0.3, -0.25) is 14.4 Å². The third-order valence-corrected chi connectivity index (χ3v) is 4.06. The number of rotatable bonds is 6. The Labute approximate surface area is 147 Å². The zero-order valence-corrected chi connectivity index (χ0v) is 14.5. The van der Waals surface area contributed by atoms with Crippen molar-refractivity contribution < 1.29 is 14.4 Å². The number of amides is 3. The molecule has 0 aliphatic carbocycles. The molecule has 0 bridgehead atoms. The Morgan fingerprint density at radius 3 is 2.56 bits per heavy atom. The van der Waals surface area contributed by atoms with Crippen molar-refractivity contribution in [2.24, 2.45) is 0 Å². The summed E-state index contributed by atoms with van der Waals surface area (Å²) in [4.78, 5) is 38.4. The molecule has 1 aliphatic heterocycles. The summed E-state index contributed by atoms with van der Waals surface area (Å²) in [7, 11) is 0. The van der Waals surface area contributed by atoms with Crippen molar-refractivity contribution in [2.75, 3.05) is 42.9 Å². The number of hydrogen-bond acceptors (Lipinski definition) is 4. The van der Waals surface area contributed by atoms with E-state index >= 15 is 0 Å². The molecule has 1 aliphatic rings. The zero-order chi connectivity index (χ0) is 18.2. The second-order valence-electron chi connectivity index (χ2n) is 5.84. The largest absolute Gasteiger partial charge is 0.368 e. The van der Waals surface area contributed by atoms with Gasteiger partial charge in [-0.2, -0.15) is 0 Å². The van der Waals surface area contributed by atoms with Crippen molar-refractivity contribution in [3.8, 4) is 0 Å². The Morgan fingerprint density at radius 1 is 1.20 bits per heavy atom. The molecule has 0 saturated carbocycles. The average Bonchev–Trinajstić information content (AvgIpc) is 2.61. The van der Waals surface area contributed by atoms with Crippen molar-refractivity contribution in [1.29, 1.82) is 0 Å². The van der Waals surface area contributed by atoms with Crippen molar-refractivity contribution >= 4 is 29.1 Å². The molecule has 0 aromatic heterocycles. The Kier molecular flexibility index (Phi) is 6.56. The van der Waals surface area contributed by atoms with Crippen LogP contribution >= 0.6 is 0 Å². The number of piperazine rings is 1. The van der Waals surface area contributed by atoms with Crippen LogP contribution in [0.4, 0.5) is 11.4 Å². The molecule has 25 heavy (non-hydrogen) atoms. The van der Waals surface area contributed by atoms with Gasteiger partial charge in [0.15, 0.2) is 0 Å². The van der Waals surface area contributed by atoms with Crippen LogP contribution in [0.2, 0.25) is 0 Å². The Hall–Kier alpha value is -2.83. The van der Waals surface area contributed by atoms with Crippen LogP contribution < -0.4 is 15.5 Å². The molecule has 2 rings (SSSR count). The summed E-state index contributed by atoms with van der Waals surface area (Å²) < 4.78 is 0. The van der Waals surface area contributed by atoms with Gasteiger partial charge in [0, 0.05) is 57.4 Å². The average molecular weight is 344 g/mol. The van der Waals surface area contributed by atoms with Crippen LogP contribution in [-0.4, -0.2) is 55.3 Å². The van der Waals surface area contributed by atoms with Gasteiger partial charge >= 0.3 is 0 Å². The lowest BCUT2D eigenvalue weighted by Crippen LogP contribution is -2.48. The minimum absolute atomic E-state index is 0.101. The van der Waals surface area contributed by atoms with Gasteiger partial charge in [0.25, 0.3) is 0 Å². The molecule has 7 heteroatoms. The van der Waals surface area contributed by atoms with Crippen molar-refractivity contribution in [1.82, 2.24) is 10.2 Å². The number of hydrogen-bond donors (Lipinski definition) is 2. The fourth-order valence-corrected chi connectivity index (χ4v) is 2.65. The number of benzene rings is 1. The molecular formula is C18H24N4O3. The van der Waals surface area contributed by atoms with E-state index < -0.39 is 0 Å². The molecule has 3 amide bonds. The van der Waals surface area contributed by atoms with Gasteiger partial charge in [-0.25, -0.2) is 0 Å². The first-order valence-electron chi connectivity index (χ1n) is 8.30. The molecule has 0 atom stereocenters. The van der Waals surface area contributed by atoms with E-state index in [1.165, 1.54) is 6.08 Å². The number of anilines is 2. The van der Waals surface area contributed by atoms with E-state index in [1.54, 1.807) is 6.92 Å². The summed E-state index contributed by atoms with van der Waals surface area (Å²) in [6.45, 7) is 8.15. The summed E-state index contributed by atoms with van der Waals surface area (Å²) >= 11 is 0. The van der Waals surface area contributed by atoms with E-state index in [9.17, 15) is 14.4 Å². The van der Waals surface area contributed by atoms with Crippen LogP contribution in [0.3, 0.4) is 0 Å². The second kappa shape index (κ2) is 8.86. The minimum Gasteiger partial charge on any atom is -0.368 e. The quantitative estimate of drug-likeness (QED) is 0.754. The van der Waals surface area contributed by atoms with E-state index in [1.807, 2.05) is 29.2 Å². The standard InChI is InChI=1S/C18H24N4O3/c1-3-17(24)19-8-7-18(25)20-15-5-4-6-16(13-15)22-11-9-21(10-12-22)14(2)23/h3-6,13H,1,7-12H2,2H3,(H,19,24)(H,20,25). The van der Waals surface area contributed by atoms with Gasteiger partial charge < -0.3 is 20.4 Å². The molecule has 1 heterocycles. The highest BCUT2D eigenvalue weighted by Crippen LogP contribution is 2.21. The van der Waals surface area contributed by atoms with Crippen molar-refractivity contribution in [3.63, 3.8) is 0 Å². The highest BCUT2D eigenvalue weighted by atomic mass is 16.2. The third-order valence-electron chi connectivity index (χ3n) is 4.06. The van der Waals surface area contributed by atoms with E-state index in [4.69, 9.17) is 0 Å².